The maximum atomic E-state index is 5.59. The summed E-state index contributed by atoms with van der Waals surface area (Å²) in [6.07, 6.45) is 0. The summed E-state index contributed by atoms with van der Waals surface area (Å²) >= 11 is 2.16. The minimum atomic E-state index is 0.746. The molecule has 1 aromatic carbocycles. The summed E-state index contributed by atoms with van der Waals surface area (Å²) in [6, 6.07) is 5.57. The molecule has 0 aliphatic rings. The largest absolute Gasteiger partial charge is 0.398 e. The Bertz CT molecular complexity index is 236. The highest BCUT2D eigenvalue weighted by Gasteiger charge is 1.94. The molecule has 5 N–H and O–H groups in total. The highest BCUT2D eigenvalue weighted by atomic mass is 127. The number of nitrogen functional groups attached to an aromatic ring is 2. The van der Waals surface area contributed by atoms with Crippen molar-refractivity contribution in [2.75, 3.05) is 11.2 Å². The molecule has 1 rings (SSSR count). The summed E-state index contributed by atoms with van der Waals surface area (Å²) in [5, 5.41) is 0. The maximum Gasteiger partial charge on any atom is 0.0506 e. The van der Waals surface area contributed by atoms with E-state index in [1.165, 1.54) is 0 Å². The lowest BCUT2D eigenvalue weighted by Gasteiger charge is -2.01. The van der Waals surface area contributed by atoms with Crippen LogP contribution in [0.1, 0.15) is 0 Å². The Morgan fingerprint density at radius 2 is 2.10 bits per heavy atom. The fourth-order valence-corrected chi connectivity index (χ4v) is 0.969. The summed E-state index contributed by atoms with van der Waals surface area (Å²) < 4.78 is 1.04. The summed E-state index contributed by atoms with van der Waals surface area (Å²) in [5.74, 6) is 5.16. The van der Waals surface area contributed by atoms with Crippen molar-refractivity contribution in [2.45, 2.75) is 0 Å². The van der Waals surface area contributed by atoms with Crippen molar-refractivity contribution in [3.05, 3.63) is 21.8 Å². The van der Waals surface area contributed by atoms with E-state index in [-0.39, 0.29) is 0 Å². The van der Waals surface area contributed by atoms with Crippen molar-refractivity contribution < 1.29 is 0 Å². The molecule has 0 heterocycles. The number of benzene rings is 1. The number of nitrogens with two attached hydrogens (primary N) is 2. The van der Waals surface area contributed by atoms with Crippen LogP contribution in [0.4, 0.5) is 11.4 Å². The third-order valence-corrected chi connectivity index (χ3v) is 2.15. The van der Waals surface area contributed by atoms with Crippen LogP contribution < -0.4 is 17.0 Å². The molecule has 0 amide bonds. The van der Waals surface area contributed by atoms with Crippen molar-refractivity contribution in [1.29, 1.82) is 0 Å². The van der Waals surface area contributed by atoms with Gasteiger partial charge in [0.25, 0.3) is 0 Å². The van der Waals surface area contributed by atoms with E-state index in [0.717, 1.165) is 14.9 Å². The molecule has 4 heteroatoms. The van der Waals surface area contributed by atoms with Gasteiger partial charge in [-0.25, -0.2) is 0 Å². The fraction of sp³-hybridized carbons (Fsp3) is 0. The molecule has 0 radical (unpaired) electrons. The number of rotatable bonds is 1. The number of anilines is 2. The van der Waals surface area contributed by atoms with Gasteiger partial charge in [-0.1, -0.05) is 0 Å². The van der Waals surface area contributed by atoms with Gasteiger partial charge in [0.05, 0.1) is 5.69 Å². The number of nitrogens with one attached hydrogen (secondary N) is 1. The molecule has 0 saturated carbocycles. The van der Waals surface area contributed by atoms with E-state index in [1.54, 1.807) is 6.07 Å². The second-order valence-corrected chi connectivity index (χ2v) is 3.04. The smallest absolute Gasteiger partial charge is 0.0506 e. The molecule has 0 saturated heterocycles. The van der Waals surface area contributed by atoms with Gasteiger partial charge in [-0.05, 0) is 40.8 Å². The van der Waals surface area contributed by atoms with Crippen molar-refractivity contribution >= 4 is 34.0 Å². The lowest BCUT2D eigenvalue weighted by atomic mass is 10.3. The topological polar surface area (TPSA) is 64.1 Å². The zero-order valence-corrected chi connectivity index (χ0v) is 7.42. The molecule has 0 atom stereocenters. The third-order valence-electron chi connectivity index (χ3n) is 1.16. The molecule has 0 unspecified atom stereocenters. The number of hydrogen-bond acceptors (Lipinski definition) is 3. The summed E-state index contributed by atoms with van der Waals surface area (Å²) in [4.78, 5) is 0. The van der Waals surface area contributed by atoms with Crippen LogP contribution in [0.2, 0.25) is 0 Å². The molecule has 3 nitrogen and oxygen atoms in total. The monoisotopic (exact) mass is 249 g/mol. The maximum absolute atomic E-state index is 5.59. The van der Waals surface area contributed by atoms with Crippen LogP contribution >= 0.6 is 22.6 Å². The summed E-state index contributed by atoms with van der Waals surface area (Å²) in [7, 11) is 0. The minimum Gasteiger partial charge on any atom is -0.398 e. The number of hydrazine groups is 1. The standard InChI is InChI=1S/C6H8IN3/c7-5-2-1-4(10-9)3-6(5)8/h1-3,10H,8-9H2. The molecule has 1 aromatic rings. The van der Waals surface area contributed by atoms with Gasteiger partial charge in [-0.15, -0.1) is 0 Å². The second-order valence-electron chi connectivity index (χ2n) is 1.88. The van der Waals surface area contributed by atoms with Crippen molar-refractivity contribution in [3.63, 3.8) is 0 Å². The summed E-state index contributed by atoms with van der Waals surface area (Å²) in [6.45, 7) is 0. The van der Waals surface area contributed by atoms with Crippen LogP contribution in [-0.2, 0) is 0 Å². The van der Waals surface area contributed by atoms with Gasteiger partial charge in [-0.3, -0.25) is 5.84 Å². The second kappa shape index (κ2) is 3.07. The van der Waals surface area contributed by atoms with Crippen LogP contribution in [0.25, 0.3) is 0 Å². The Labute approximate surface area is 72.9 Å². The quantitative estimate of drug-likeness (QED) is 0.303. The lowest BCUT2D eigenvalue weighted by Crippen LogP contribution is -2.07. The van der Waals surface area contributed by atoms with Crippen molar-refractivity contribution in [1.82, 2.24) is 0 Å². The Morgan fingerprint density at radius 1 is 1.40 bits per heavy atom. The summed E-state index contributed by atoms with van der Waals surface area (Å²) in [5.41, 5.74) is 9.68. The molecule has 54 valence electrons. The van der Waals surface area contributed by atoms with Crippen LogP contribution in [-0.4, -0.2) is 0 Å². The highest BCUT2D eigenvalue weighted by Crippen LogP contribution is 2.18. The first-order valence-corrected chi connectivity index (χ1v) is 3.83. The zero-order chi connectivity index (χ0) is 7.56. The Morgan fingerprint density at radius 3 is 2.60 bits per heavy atom. The van der Waals surface area contributed by atoms with Crippen molar-refractivity contribution in [3.8, 4) is 0 Å². The van der Waals surface area contributed by atoms with Gasteiger partial charge < -0.3 is 11.2 Å². The van der Waals surface area contributed by atoms with Gasteiger partial charge >= 0.3 is 0 Å². The first-order chi connectivity index (χ1) is 4.74. The van der Waals surface area contributed by atoms with Crippen molar-refractivity contribution in [2.24, 2.45) is 5.84 Å². The predicted octanol–water partition coefficient (Wildman–Crippen LogP) is 1.16. The predicted molar refractivity (Wildman–Crippen MR) is 51.4 cm³/mol. The van der Waals surface area contributed by atoms with Crippen LogP contribution in [0.15, 0.2) is 18.2 Å². The molecule has 0 spiro atoms. The highest BCUT2D eigenvalue weighted by molar-refractivity contribution is 14.1. The zero-order valence-electron chi connectivity index (χ0n) is 5.26. The molecule has 0 aliphatic heterocycles. The average Bonchev–Trinajstić information content (AvgIpc) is 1.95. The molecule has 10 heavy (non-hydrogen) atoms. The van der Waals surface area contributed by atoms with Gasteiger partial charge in [0.2, 0.25) is 0 Å². The normalized spacial score (nSPS) is 9.40. The van der Waals surface area contributed by atoms with E-state index in [0.29, 0.717) is 0 Å². The van der Waals surface area contributed by atoms with Gasteiger partial charge in [0, 0.05) is 9.26 Å². The van der Waals surface area contributed by atoms with Crippen LogP contribution in [0, 0.1) is 3.57 Å². The Kier molecular flexibility index (Phi) is 2.34. The van der Waals surface area contributed by atoms with E-state index in [1.807, 2.05) is 12.1 Å². The molecular formula is C6H8IN3. The van der Waals surface area contributed by atoms with Gasteiger partial charge in [0.15, 0.2) is 0 Å². The Hall–Kier alpha value is -0.490. The lowest BCUT2D eigenvalue weighted by molar-refractivity contribution is 1.35. The first-order valence-electron chi connectivity index (χ1n) is 2.75. The Balaban J connectivity index is 3.04. The van der Waals surface area contributed by atoms with Gasteiger partial charge in [-0.2, -0.15) is 0 Å². The third kappa shape index (κ3) is 1.51. The average molecular weight is 249 g/mol. The van der Waals surface area contributed by atoms with E-state index in [2.05, 4.69) is 28.0 Å². The van der Waals surface area contributed by atoms with E-state index >= 15 is 0 Å². The van der Waals surface area contributed by atoms with E-state index in [9.17, 15) is 0 Å². The fourth-order valence-electron chi connectivity index (χ4n) is 0.634. The molecular weight excluding hydrogens is 241 g/mol. The number of hydrogen-bond donors (Lipinski definition) is 3. The molecule has 0 fully saturated rings. The van der Waals surface area contributed by atoms with E-state index < -0.39 is 0 Å². The number of halogens is 1. The van der Waals surface area contributed by atoms with Crippen LogP contribution in [0.5, 0.6) is 0 Å². The minimum absolute atomic E-state index is 0.746. The van der Waals surface area contributed by atoms with Gasteiger partial charge in [0.1, 0.15) is 0 Å². The molecule has 0 bridgehead atoms. The van der Waals surface area contributed by atoms with Crippen LogP contribution in [0.3, 0.4) is 0 Å². The molecule has 0 aromatic heterocycles. The first kappa shape index (κ1) is 7.62. The SMILES string of the molecule is NNc1ccc(I)c(N)c1. The van der Waals surface area contributed by atoms with E-state index in [4.69, 9.17) is 11.6 Å². The molecule has 0 aliphatic carbocycles.